The highest BCUT2D eigenvalue weighted by Crippen LogP contribution is 2.44. The number of hydrogen-bond acceptors (Lipinski definition) is 1. The highest BCUT2D eigenvalue weighted by atomic mass is 16.4. The summed E-state index contributed by atoms with van der Waals surface area (Å²) in [7, 11) is 0. The third-order valence-corrected chi connectivity index (χ3v) is 6.71. The van der Waals surface area contributed by atoms with Crippen LogP contribution in [0.3, 0.4) is 0 Å². The Hall–Kier alpha value is -2.35. The van der Waals surface area contributed by atoms with Gasteiger partial charge in [-0.3, -0.25) is 0 Å². The Morgan fingerprint density at radius 1 is 1.14 bits per heavy atom. The second kappa shape index (κ2) is 7.24. The molecule has 0 atom stereocenters. The van der Waals surface area contributed by atoms with E-state index in [0.717, 1.165) is 23.1 Å². The number of aromatic carboxylic acids is 1. The molecule has 2 heteroatoms. The van der Waals surface area contributed by atoms with Crippen LogP contribution < -0.4 is 0 Å². The van der Waals surface area contributed by atoms with Gasteiger partial charge < -0.3 is 5.11 Å². The van der Waals surface area contributed by atoms with Crippen LogP contribution in [0.15, 0.2) is 24.8 Å². The van der Waals surface area contributed by atoms with Crippen molar-refractivity contribution in [3.05, 3.63) is 74.8 Å². The van der Waals surface area contributed by atoms with Crippen LogP contribution >= 0.6 is 0 Å². The fraction of sp³-hybridized carbons (Fsp3) is 0.423. The van der Waals surface area contributed by atoms with Gasteiger partial charge in [-0.05, 0) is 108 Å². The molecule has 0 fully saturated rings. The van der Waals surface area contributed by atoms with Crippen LogP contribution in [0.4, 0.5) is 0 Å². The lowest BCUT2D eigenvalue weighted by Gasteiger charge is -2.37. The van der Waals surface area contributed by atoms with Crippen molar-refractivity contribution >= 4 is 11.5 Å². The first-order chi connectivity index (χ1) is 13.1. The summed E-state index contributed by atoms with van der Waals surface area (Å²) in [5.74, 6) is -0.867. The number of carboxylic acids is 1. The third-order valence-electron chi connectivity index (χ3n) is 6.71. The molecule has 0 aliphatic heterocycles. The summed E-state index contributed by atoms with van der Waals surface area (Å²) in [6, 6.07) is 5.63. The molecule has 28 heavy (non-hydrogen) atoms. The third kappa shape index (κ3) is 3.19. The van der Waals surface area contributed by atoms with Gasteiger partial charge in [0.2, 0.25) is 0 Å². The van der Waals surface area contributed by atoms with Gasteiger partial charge in [-0.15, -0.1) is 0 Å². The molecule has 0 saturated heterocycles. The molecular formula is C26H32O2. The maximum atomic E-state index is 11.5. The largest absolute Gasteiger partial charge is 0.478 e. The SMILES string of the molecule is C=C(c1ccc(C(=O)O)c(CC)c1)c1c(C)c(C)c2c(c1C)CCCC2(C)C. The predicted octanol–water partition coefficient (Wildman–Crippen LogP) is 6.55. The highest BCUT2D eigenvalue weighted by molar-refractivity contribution is 5.91. The minimum absolute atomic E-state index is 0.214. The van der Waals surface area contributed by atoms with Gasteiger partial charge in [0, 0.05) is 0 Å². The van der Waals surface area contributed by atoms with Gasteiger partial charge in [0.1, 0.15) is 0 Å². The van der Waals surface area contributed by atoms with Crippen molar-refractivity contribution in [1.82, 2.24) is 0 Å². The number of carboxylic acid groups (broad SMARTS) is 1. The molecule has 2 nitrogen and oxygen atoms in total. The van der Waals surface area contributed by atoms with E-state index in [-0.39, 0.29) is 5.41 Å². The quantitative estimate of drug-likeness (QED) is 0.657. The van der Waals surface area contributed by atoms with E-state index in [0.29, 0.717) is 12.0 Å². The Morgan fingerprint density at radius 2 is 1.82 bits per heavy atom. The Balaban J connectivity index is 2.19. The number of benzene rings is 2. The van der Waals surface area contributed by atoms with Gasteiger partial charge in [0.25, 0.3) is 0 Å². The monoisotopic (exact) mass is 376 g/mol. The van der Waals surface area contributed by atoms with Crippen molar-refractivity contribution < 1.29 is 9.90 Å². The number of aryl methyl sites for hydroxylation is 1. The first-order valence-corrected chi connectivity index (χ1v) is 10.3. The Morgan fingerprint density at radius 3 is 2.43 bits per heavy atom. The van der Waals surface area contributed by atoms with E-state index in [1.165, 1.54) is 46.2 Å². The van der Waals surface area contributed by atoms with Crippen LogP contribution in [0.5, 0.6) is 0 Å². The second-order valence-corrected chi connectivity index (χ2v) is 8.85. The van der Waals surface area contributed by atoms with Crippen molar-refractivity contribution in [1.29, 1.82) is 0 Å². The molecule has 0 radical (unpaired) electrons. The van der Waals surface area contributed by atoms with E-state index < -0.39 is 5.97 Å². The first-order valence-electron chi connectivity index (χ1n) is 10.3. The summed E-state index contributed by atoms with van der Waals surface area (Å²) in [5, 5.41) is 9.43. The van der Waals surface area contributed by atoms with E-state index in [4.69, 9.17) is 0 Å². The van der Waals surface area contributed by atoms with E-state index in [9.17, 15) is 9.90 Å². The summed E-state index contributed by atoms with van der Waals surface area (Å²) in [4.78, 5) is 11.5. The number of hydrogen-bond donors (Lipinski definition) is 1. The van der Waals surface area contributed by atoms with Crippen molar-refractivity contribution in [2.45, 2.75) is 72.6 Å². The minimum Gasteiger partial charge on any atom is -0.478 e. The van der Waals surface area contributed by atoms with Crippen molar-refractivity contribution in [2.24, 2.45) is 0 Å². The molecule has 0 aromatic heterocycles. The summed E-state index contributed by atoms with van der Waals surface area (Å²) in [6.07, 6.45) is 4.28. The second-order valence-electron chi connectivity index (χ2n) is 8.85. The molecule has 0 spiro atoms. The molecule has 0 bridgehead atoms. The Labute approximate surface area is 169 Å². The van der Waals surface area contributed by atoms with Crippen molar-refractivity contribution in [2.75, 3.05) is 0 Å². The molecule has 1 aliphatic rings. The minimum atomic E-state index is -0.867. The average molecular weight is 377 g/mol. The van der Waals surface area contributed by atoms with Crippen LogP contribution in [-0.2, 0) is 18.3 Å². The molecule has 2 aromatic carbocycles. The van der Waals surface area contributed by atoms with Crippen LogP contribution in [0.1, 0.15) is 88.5 Å². The predicted molar refractivity (Wildman–Crippen MR) is 118 cm³/mol. The van der Waals surface area contributed by atoms with E-state index in [1.807, 2.05) is 19.1 Å². The molecule has 0 amide bonds. The van der Waals surface area contributed by atoms with Crippen LogP contribution in [0.25, 0.3) is 5.57 Å². The number of carbonyl (C=O) groups is 1. The smallest absolute Gasteiger partial charge is 0.335 e. The fourth-order valence-electron chi connectivity index (χ4n) is 5.16. The fourth-order valence-corrected chi connectivity index (χ4v) is 5.16. The zero-order valence-electron chi connectivity index (χ0n) is 18.1. The molecule has 1 aliphatic carbocycles. The molecule has 0 saturated carbocycles. The van der Waals surface area contributed by atoms with Gasteiger partial charge in [-0.2, -0.15) is 0 Å². The maximum absolute atomic E-state index is 11.5. The normalized spacial score (nSPS) is 15.2. The summed E-state index contributed by atoms with van der Waals surface area (Å²) in [5.41, 5.74) is 11.8. The van der Waals surface area contributed by atoms with Gasteiger partial charge >= 0.3 is 5.97 Å². The Bertz CT molecular complexity index is 977. The lowest BCUT2D eigenvalue weighted by molar-refractivity contribution is 0.0695. The summed E-state index contributed by atoms with van der Waals surface area (Å²) in [6.45, 7) is 17.9. The molecule has 148 valence electrons. The van der Waals surface area contributed by atoms with E-state index in [2.05, 4.69) is 41.2 Å². The lowest BCUT2D eigenvalue weighted by Crippen LogP contribution is -2.27. The molecule has 3 rings (SSSR count). The van der Waals surface area contributed by atoms with Crippen LogP contribution in [0.2, 0.25) is 0 Å². The maximum Gasteiger partial charge on any atom is 0.335 e. The number of rotatable bonds is 4. The average Bonchev–Trinajstić information content (AvgIpc) is 2.64. The molecule has 2 aromatic rings. The number of fused-ring (bicyclic) bond motifs is 1. The summed E-state index contributed by atoms with van der Waals surface area (Å²) >= 11 is 0. The first kappa shape index (κ1) is 20.4. The lowest BCUT2D eigenvalue weighted by atomic mass is 9.67. The van der Waals surface area contributed by atoms with Crippen LogP contribution in [-0.4, -0.2) is 11.1 Å². The van der Waals surface area contributed by atoms with E-state index >= 15 is 0 Å². The van der Waals surface area contributed by atoms with Gasteiger partial charge in [-0.25, -0.2) is 4.79 Å². The summed E-state index contributed by atoms with van der Waals surface area (Å²) < 4.78 is 0. The topological polar surface area (TPSA) is 37.3 Å². The van der Waals surface area contributed by atoms with Crippen molar-refractivity contribution in [3.63, 3.8) is 0 Å². The van der Waals surface area contributed by atoms with E-state index in [1.54, 1.807) is 6.07 Å². The Kier molecular flexibility index (Phi) is 5.27. The van der Waals surface area contributed by atoms with Gasteiger partial charge in [-0.1, -0.05) is 39.5 Å². The zero-order chi connectivity index (χ0) is 20.8. The highest BCUT2D eigenvalue weighted by Gasteiger charge is 2.32. The molecule has 0 unspecified atom stereocenters. The molecule has 0 heterocycles. The van der Waals surface area contributed by atoms with Crippen LogP contribution in [0, 0.1) is 20.8 Å². The standard InChI is InChI=1S/C26H32O2/c1-8-19-14-20(11-12-22(19)25(27)28)17(4)23-15(2)16(3)24-21(18(23)5)10-9-13-26(24,6)7/h11-12,14H,4,8-10,13H2,1-3,5-7H3,(H,27,28). The van der Waals surface area contributed by atoms with Gasteiger partial charge in [0.05, 0.1) is 5.56 Å². The zero-order valence-corrected chi connectivity index (χ0v) is 18.1. The van der Waals surface area contributed by atoms with Crippen molar-refractivity contribution in [3.8, 4) is 0 Å². The van der Waals surface area contributed by atoms with Gasteiger partial charge in [0.15, 0.2) is 0 Å². The molecular weight excluding hydrogens is 344 g/mol. The molecule has 1 N–H and O–H groups in total.